The topological polar surface area (TPSA) is 62.7 Å². The zero-order valence-electron chi connectivity index (χ0n) is 13.9. The van der Waals surface area contributed by atoms with Gasteiger partial charge in [0.05, 0.1) is 12.7 Å². The van der Waals surface area contributed by atoms with Crippen molar-refractivity contribution in [2.45, 2.75) is 19.4 Å². The molecule has 0 saturated carbocycles. The van der Waals surface area contributed by atoms with Crippen LogP contribution < -0.4 is 5.32 Å². The van der Waals surface area contributed by atoms with Gasteiger partial charge in [-0.15, -0.1) is 11.3 Å². The third kappa shape index (κ3) is 3.73. The molecule has 1 aromatic carbocycles. The summed E-state index contributed by atoms with van der Waals surface area (Å²) in [4.78, 5) is 16.8. The van der Waals surface area contributed by atoms with Gasteiger partial charge in [0.15, 0.2) is 0 Å². The van der Waals surface area contributed by atoms with Crippen LogP contribution in [0.1, 0.15) is 16.9 Å². The van der Waals surface area contributed by atoms with Crippen LogP contribution in [0.25, 0.3) is 10.9 Å². The maximum Gasteiger partial charge on any atom is 0.225 e. The zero-order valence-corrected chi connectivity index (χ0v) is 16.3. The summed E-state index contributed by atoms with van der Waals surface area (Å²) < 4.78 is 2.87. The monoisotopic (exact) mass is 428 g/mol. The molecule has 4 aromatic rings. The molecule has 4 rings (SSSR count). The summed E-state index contributed by atoms with van der Waals surface area (Å²) in [5.41, 5.74) is 2.26. The van der Waals surface area contributed by atoms with E-state index in [0.29, 0.717) is 19.4 Å². The largest absolute Gasteiger partial charge is 0.361 e. The normalized spacial score (nSPS) is 11.1. The first-order valence-corrected chi connectivity index (χ1v) is 9.96. The van der Waals surface area contributed by atoms with Crippen molar-refractivity contribution in [3.05, 3.63) is 69.1 Å². The lowest BCUT2D eigenvalue weighted by atomic mass is 10.1. The summed E-state index contributed by atoms with van der Waals surface area (Å²) in [6.45, 7) is 0.640. The summed E-state index contributed by atoms with van der Waals surface area (Å²) >= 11 is 5.12. The Balaban J connectivity index is 1.39. The maximum atomic E-state index is 12.4. The van der Waals surface area contributed by atoms with Gasteiger partial charge >= 0.3 is 0 Å². The lowest BCUT2D eigenvalue weighted by Crippen LogP contribution is -2.16. The van der Waals surface area contributed by atoms with Crippen LogP contribution in [0.15, 0.2) is 58.6 Å². The molecule has 0 aliphatic rings. The second-order valence-electron chi connectivity index (χ2n) is 6.01. The number of benzene rings is 1. The first kappa shape index (κ1) is 17.1. The molecule has 1 amide bonds. The van der Waals surface area contributed by atoms with Gasteiger partial charge in [0.1, 0.15) is 5.82 Å². The number of hydrogen-bond donors (Lipinski definition) is 2. The van der Waals surface area contributed by atoms with Crippen molar-refractivity contribution in [3.8, 4) is 0 Å². The molecule has 0 bridgehead atoms. The zero-order chi connectivity index (χ0) is 17.9. The Morgan fingerprint density at radius 3 is 3.04 bits per heavy atom. The van der Waals surface area contributed by atoms with E-state index in [4.69, 9.17) is 0 Å². The summed E-state index contributed by atoms with van der Waals surface area (Å²) in [6, 6.07) is 12.0. The van der Waals surface area contributed by atoms with Gasteiger partial charge in [0, 0.05) is 44.3 Å². The molecule has 26 heavy (non-hydrogen) atoms. The van der Waals surface area contributed by atoms with E-state index in [2.05, 4.69) is 43.5 Å². The molecule has 0 fully saturated rings. The van der Waals surface area contributed by atoms with Crippen molar-refractivity contribution in [1.82, 2.24) is 14.8 Å². The molecule has 0 atom stereocenters. The van der Waals surface area contributed by atoms with E-state index in [1.165, 1.54) is 10.3 Å². The first-order valence-electron chi connectivity index (χ1n) is 8.28. The Morgan fingerprint density at radius 2 is 2.19 bits per heavy atom. The Hall–Kier alpha value is -2.38. The highest BCUT2D eigenvalue weighted by atomic mass is 79.9. The van der Waals surface area contributed by atoms with Crippen molar-refractivity contribution in [1.29, 1.82) is 0 Å². The number of thiophene rings is 1. The number of para-hydroxylation sites is 1. The Kier molecular flexibility index (Phi) is 4.90. The summed E-state index contributed by atoms with van der Waals surface area (Å²) in [6.07, 6.45) is 4.81. The average molecular weight is 429 g/mol. The fraction of sp³-hybridized carbons (Fsp3) is 0.158. The maximum absolute atomic E-state index is 12.4. The smallest absolute Gasteiger partial charge is 0.225 e. The van der Waals surface area contributed by atoms with Crippen LogP contribution in [-0.4, -0.2) is 20.7 Å². The minimum Gasteiger partial charge on any atom is -0.361 e. The van der Waals surface area contributed by atoms with Crippen LogP contribution in [-0.2, 0) is 17.8 Å². The predicted octanol–water partition coefficient (Wildman–Crippen LogP) is 4.81. The molecule has 5 nitrogen and oxygen atoms in total. The number of H-pyrrole nitrogens is 1. The number of amides is 1. The molecule has 0 saturated heterocycles. The number of carbonyl (C=O) groups excluding carboxylic acids is 1. The molecular weight excluding hydrogens is 412 g/mol. The van der Waals surface area contributed by atoms with Gasteiger partial charge in [0.25, 0.3) is 0 Å². The average Bonchev–Trinajstić information content (AvgIpc) is 3.35. The number of anilines is 1. The van der Waals surface area contributed by atoms with Gasteiger partial charge in [-0.3, -0.25) is 4.79 Å². The number of nitrogens with zero attached hydrogens (tertiary/aromatic N) is 2. The second-order valence-corrected chi connectivity index (χ2v) is 7.92. The Labute approximate surface area is 163 Å². The summed E-state index contributed by atoms with van der Waals surface area (Å²) in [7, 11) is 0. The van der Waals surface area contributed by atoms with E-state index in [0.717, 1.165) is 21.4 Å². The van der Waals surface area contributed by atoms with E-state index in [1.807, 2.05) is 40.5 Å². The van der Waals surface area contributed by atoms with Crippen LogP contribution >= 0.6 is 27.3 Å². The number of rotatable bonds is 6. The lowest BCUT2D eigenvalue weighted by Gasteiger charge is -2.08. The third-order valence-electron chi connectivity index (χ3n) is 4.21. The van der Waals surface area contributed by atoms with Crippen molar-refractivity contribution in [2.24, 2.45) is 0 Å². The Bertz CT molecular complexity index is 1050. The summed E-state index contributed by atoms with van der Waals surface area (Å²) in [5.74, 6) is 0.711. The highest BCUT2D eigenvalue weighted by molar-refractivity contribution is 9.10. The molecular formula is C19H17BrN4OS. The SMILES string of the molecule is O=C(CCc1c[nH]c2ccccc12)Nc1ccnn1Cc1cc(Br)cs1. The van der Waals surface area contributed by atoms with Crippen LogP contribution in [0.3, 0.4) is 0 Å². The van der Waals surface area contributed by atoms with Crippen molar-refractivity contribution in [3.63, 3.8) is 0 Å². The molecule has 3 aromatic heterocycles. The fourth-order valence-electron chi connectivity index (χ4n) is 2.94. The number of halogens is 1. The van der Waals surface area contributed by atoms with Gasteiger partial charge in [-0.05, 0) is 40.0 Å². The second kappa shape index (κ2) is 7.47. The number of aryl methyl sites for hydroxylation is 1. The minimum atomic E-state index is -0.00982. The van der Waals surface area contributed by atoms with E-state index >= 15 is 0 Å². The molecule has 0 spiro atoms. The van der Waals surface area contributed by atoms with Gasteiger partial charge in [0.2, 0.25) is 5.91 Å². The predicted molar refractivity (Wildman–Crippen MR) is 109 cm³/mol. The van der Waals surface area contributed by atoms with Gasteiger partial charge in [-0.25, -0.2) is 4.68 Å². The van der Waals surface area contributed by atoms with E-state index in [-0.39, 0.29) is 5.91 Å². The number of aromatic nitrogens is 3. The molecule has 132 valence electrons. The Morgan fingerprint density at radius 1 is 1.31 bits per heavy atom. The quantitative estimate of drug-likeness (QED) is 0.462. The molecule has 0 unspecified atom stereocenters. The van der Waals surface area contributed by atoms with E-state index in [9.17, 15) is 4.79 Å². The highest BCUT2D eigenvalue weighted by Crippen LogP contribution is 2.22. The van der Waals surface area contributed by atoms with Gasteiger partial charge < -0.3 is 10.3 Å². The van der Waals surface area contributed by atoms with Crippen molar-refractivity contribution in [2.75, 3.05) is 5.32 Å². The van der Waals surface area contributed by atoms with Crippen LogP contribution in [0.2, 0.25) is 0 Å². The summed E-state index contributed by atoms with van der Waals surface area (Å²) in [5, 5.41) is 10.5. The number of nitrogens with one attached hydrogen (secondary N) is 2. The first-order chi connectivity index (χ1) is 12.7. The fourth-order valence-corrected chi connectivity index (χ4v) is 4.37. The highest BCUT2D eigenvalue weighted by Gasteiger charge is 2.10. The molecule has 2 N–H and O–H groups in total. The van der Waals surface area contributed by atoms with Crippen molar-refractivity contribution >= 4 is 49.9 Å². The molecule has 3 heterocycles. The van der Waals surface area contributed by atoms with Crippen LogP contribution in [0.4, 0.5) is 5.82 Å². The van der Waals surface area contributed by atoms with E-state index in [1.54, 1.807) is 17.5 Å². The standard InChI is InChI=1S/C19H17BrN4OS/c20-14-9-15(26-12-14)11-24-18(7-8-22-24)23-19(25)6-5-13-10-21-17-4-2-1-3-16(13)17/h1-4,7-10,12,21H,5-6,11H2,(H,23,25). The number of aromatic amines is 1. The number of hydrogen-bond acceptors (Lipinski definition) is 3. The minimum absolute atomic E-state index is 0.00982. The van der Waals surface area contributed by atoms with Crippen LogP contribution in [0.5, 0.6) is 0 Å². The van der Waals surface area contributed by atoms with Crippen LogP contribution in [0, 0.1) is 0 Å². The number of carbonyl (C=O) groups is 1. The third-order valence-corrected chi connectivity index (χ3v) is 5.89. The molecule has 0 aliphatic carbocycles. The van der Waals surface area contributed by atoms with Gasteiger partial charge in [-0.1, -0.05) is 18.2 Å². The molecule has 0 radical (unpaired) electrons. The van der Waals surface area contributed by atoms with Gasteiger partial charge in [-0.2, -0.15) is 5.10 Å². The van der Waals surface area contributed by atoms with E-state index < -0.39 is 0 Å². The van der Waals surface area contributed by atoms with Crippen molar-refractivity contribution < 1.29 is 4.79 Å². The number of fused-ring (bicyclic) bond motifs is 1. The molecule has 7 heteroatoms. The lowest BCUT2D eigenvalue weighted by molar-refractivity contribution is -0.116. The molecule has 0 aliphatic heterocycles.